The first-order valence-electron chi connectivity index (χ1n) is 5.45. The van der Waals surface area contributed by atoms with Gasteiger partial charge >= 0.3 is 0 Å². The molecule has 2 bridgehead atoms. The third-order valence-corrected chi connectivity index (χ3v) is 3.62. The molecule has 2 aliphatic rings. The summed E-state index contributed by atoms with van der Waals surface area (Å²) in [6.45, 7) is 0. The molecule has 2 saturated carbocycles. The van der Waals surface area contributed by atoms with Crippen LogP contribution in [0.4, 0.5) is 0 Å². The second-order valence-electron chi connectivity index (χ2n) is 4.54. The van der Waals surface area contributed by atoms with E-state index in [0.717, 1.165) is 11.8 Å². The van der Waals surface area contributed by atoms with Gasteiger partial charge in [-0.15, -0.1) is 0 Å². The predicted octanol–water partition coefficient (Wildman–Crippen LogP) is 3.76. The van der Waals surface area contributed by atoms with Crippen LogP contribution in [0.3, 0.4) is 0 Å². The summed E-state index contributed by atoms with van der Waals surface area (Å²) in [5.41, 5.74) is 0. The minimum atomic E-state index is 1.14. The van der Waals surface area contributed by atoms with Gasteiger partial charge in [0.15, 0.2) is 0 Å². The Bertz CT molecular complexity index is 103. The van der Waals surface area contributed by atoms with Gasteiger partial charge in [0.25, 0.3) is 0 Å². The molecule has 11 heavy (non-hydrogen) atoms. The molecule has 2 aliphatic carbocycles. The summed E-state index contributed by atoms with van der Waals surface area (Å²) in [4.78, 5) is 0. The van der Waals surface area contributed by atoms with E-state index in [1.54, 1.807) is 32.1 Å². The van der Waals surface area contributed by atoms with E-state index < -0.39 is 0 Å². The highest BCUT2D eigenvalue weighted by molar-refractivity contribution is 4.76. The monoisotopic (exact) mass is 152 g/mol. The first kappa shape index (κ1) is 7.64. The maximum Gasteiger partial charge on any atom is -0.0412 e. The Balaban J connectivity index is 1.88. The first-order chi connectivity index (χ1) is 5.45. The maximum absolute atomic E-state index is 1.58. The standard InChI is InChI=1S/C11H20/c1-2-4-6-11-8-7-10(9-11)5-3-1/h10-11H,1-9H2. The van der Waals surface area contributed by atoms with Crippen molar-refractivity contribution in [2.24, 2.45) is 11.8 Å². The van der Waals surface area contributed by atoms with Crippen molar-refractivity contribution in [3.8, 4) is 0 Å². The molecular weight excluding hydrogens is 132 g/mol. The quantitative estimate of drug-likeness (QED) is 0.496. The molecule has 0 nitrogen and oxygen atoms in total. The Kier molecular flexibility index (Phi) is 2.50. The molecule has 0 aromatic carbocycles. The molecule has 2 rings (SSSR count). The van der Waals surface area contributed by atoms with Gasteiger partial charge in [-0.2, -0.15) is 0 Å². The van der Waals surface area contributed by atoms with E-state index in [2.05, 4.69) is 0 Å². The third kappa shape index (κ3) is 1.98. The van der Waals surface area contributed by atoms with Crippen LogP contribution in [0.15, 0.2) is 0 Å². The van der Waals surface area contributed by atoms with Gasteiger partial charge in [0, 0.05) is 0 Å². The lowest BCUT2D eigenvalue weighted by Gasteiger charge is -2.07. The van der Waals surface area contributed by atoms with Gasteiger partial charge in [0.05, 0.1) is 0 Å². The molecule has 0 saturated heterocycles. The molecule has 0 heterocycles. The van der Waals surface area contributed by atoms with Crippen molar-refractivity contribution < 1.29 is 0 Å². The zero-order chi connectivity index (χ0) is 7.52. The molecule has 0 aromatic heterocycles. The highest BCUT2D eigenvalue weighted by Crippen LogP contribution is 2.38. The second-order valence-corrected chi connectivity index (χ2v) is 4.54. The Labute approximate surface area is 70.4 Å². The Morgan fingerprint density at radius 2 is 1.09 bits per heavy atom. The summed E-state index contributed by atoms with van der Waals surface area (Å²) in [6, 6.07) is 0. The van der Waals surface area contributed by atoms with Crippen LogP contribution in [0.2, 0.25) is 0 Å². The van der Waals surface area contributed by atoms with Gasteiger partial charge in [-0.05, 0) is 18.3 Å². The minimum absolute atomic E-state index is 1.14. The fraction of sp³-hybridized carbons (Fsp3) is 1.00. The molecule has 0 spiro atoms. The van der Waals surface area contributed by atoms with Crippen molar-refractivity contribution in [2.75, 3.05) is 0 Å². The van der Waals surface area contributed by atoms with Crippen molar-refractivity contribution in [2.45, 2.75) is 57.8 Å². The van der Waals surface area contributed by atoms with E-state index in [1.165, 1.54) is 25.7 Å². The normalized spacial score (nSPS) is 39.3. The van der Waals surface area contributed by atoms with Gasteiger partial charge < -0.3 is 0 Å². The van der Waals surface area contributed by atoms with Crippen LogP contribution in [-0.2, 0) is 0 Å². The average molecular weight is 152 g/mol. The zero-order valence-corrected chi connectivity index (χ0v) is 7.52. The minimum Gasteiger partial charge on any atom is -0.0533 e. The van der Waals surface area contributed by atoms with Gasteiger partial charge in [-0.3, -0.25) is 0 Å². The first-order valence-corrected chi connectivity index (χ1v) is 5.45. The molecule has 0 aromatic rings. The van der Waals surface area contributed by atoms with Crippen molar-refractivity contribution in [3.63, 3.8) is 0 Å². The number of rotatable bonds is 0. The fourth-order valence-electron chi connectivity index (χ4n) is 2.92. The molecule has 2 fully saturated rings. The largest absolute Gasteiger partial charge is 0.0533 e. The van der Waals surface area contributed by atoms with E-state index in [4.69, 9.17) is 0 Å². The summed E-state index contributed by atoms with van der Waals surface area (Å²) in [6.07, 6.45) is 13.9. The highest BCUT2D eigenvalue weighted by Gasteiger charge is 2.24. The zero-order valence-electron chi connectivity index (χ0n) is 7.52. The molecule has 2 unspecified atom stereocenters. The van der Waals surface area contributed by atoms with Crippen molar-refractivity contribution in [1.82, 2.24) is 0 Å². The lowest BCUT2D eigenvalue weighted by molar-refractivity contribution is 0.452. The summed E-state index contributed by atoms with van der Waals surface area (Å²) in [5, 5.41) is 0. The Morgan fingerprint density at radius 1 is 0.545 bits per heavy atom. The lowest BCUT2D eigenvalue weighted by Crippen LogP contribution is -1.94. The van der Waals surface area contributed by atoms with Crippen LogP contribution in [0.25, 0.3) is 0 Å². The van der Waals surface area contributed by atoms with Crippen LogP contribution >= 0.6 is 0 Å². The Morgan fingerprint density at radius 3 is 1.64 bits per heavy atom. The third-order valence-electron chi connectivity index (χ3n) is 3.62. The van der Waals surface area contributed by atoms with Gasteiger partial charge in [0.1, 0.15) is 0 Å². The van der Waals surface area contributed by atoms with Crippen LogP contribution in [0.1, 0.15) is 57.8 Å². The molecular formula is C11H20. The summed E-state index contributed by atoms with van der Waals surface area (Å²) >= 11 is 0. The van der Waals surface area contributed by atoms with Crippen molar-refractivity contribution in [3.05, 3.63) is 0 Å². The molecule has 2 atom stereocenters. The van der Waals surface area contributed by atoms with E-state index in [-0.39, 0.29) is 0 Å². The molecule has 0 radical (unpaired) electrons. The fourth-order valence-corrected chi connectivity index (χ4v) is 2.92. The SMILES string of the molecule is C1CCCC2CCC(CC1)C2. The maximum atomic E-state index is 1.58. The van der Waals surface area contributed by atoms with Crippen LogP contribution < -0.4 is 0 Å². The number of fused-ring (bicyclic) bond motifs is 2. The van der Waals surface area contributed by atoms with E-state index in [1.807, 2.05) is 0 Å². The summed E-state index contributed by atoms with van der Waals surface area (Å²) < 4.78 is 0. The van der Waals surface area contributed by atoms with Crippen molar-refractivity contribution >= 4 is 0 Å². The van der Waals surface area contributed by atoms with E-state index >= 15 is 0 Å². The highest BCUT2D eigenvalue weighted by atomic mass is 14.3. The predicted molar refractivity (Wildman–Crippen MR) is 48.5 cm³/mol. The van der Waals surface area contributed by atoms with Gasteiger partial charge in [-0.25, -0.2) is 0 Å². The summed E-state index contributed by atoms with van der Waals surface area (Å²) in [7, 11) is 0. The average Bonchev–Trinajstić information content (AvgIpc) is 2.49. The van der Waals surface area contributed by atoms with Crippen LogP contribution in [0, 0.1) is 11.8 Å². The molecule has 64 valence electrons. The van der Waals surface area contributed by atoms with Crippen molar-refractivity contribution in [1.29, 1.82) is 0 Å². The summed E-state index contributed by atoms with van der Waals surface area (Å²) in [5.74, 6) is 2.27. The Hall–Kier alpha value is 0. The van der Waals surface area contributed by atoms with Crippen LogP contribution in [0.5, 0.6) is 0 Å². The van der Waals surface area contributed by atoms with E-state index in [9.17, 15) is 0 Å². The smallest absolute Gasteiger partial charge is 0.0412 e. The van der Waals surface area contributed by atoms with Gasteiger partial charge in [-0.1, -0.05) is 51.4 Å². The number of hydrogen-bond acceptors (Lipinski definition) is 0. The molecule has 0 aliphatic heterocycles. The van der Waals surface area contributed by atoms with E-state index in [0.29, 0.717) is 0 Å². The topological polar surface area (TPSA) is 0 Å². The second kappa shape index (κ2) is 3.60. The lowest BCUT2D eigenvalue weighted by atomic mass is 9.99. The molecule has 0 heteroatoms. The van der Waals surface area contributed by atoms with Crippen LogP contribution in [-0.4, -0.2) is 0 Å². The van der Waals surface area contributed by atoms with Gasteiger partial charge in [0.2, 0.25) is 0 Å². The molecule has 0 amide bonds. The number of hydrogen-bond donors (Lipinski definition) is 0. The molecule has 0 N–H and O–H groups in total.